The van der Waals surface area contributed by atoms with Gasteiger partial charge in [-0.25, -0.2) is 0 Å². The highest BCUT2D eigenvalue weighted by Crippen LogP contribution is 2.33. The molecule has 0 saturated carbocycles. The summed E-state index contributed by atoms with van der Waals surface area (Å²) in [6.45, 7) is 0. The molecule has 1 N–H and O–H groups in total. The molecule has 4 nitrogen and oxygen atoms in total. The Morgan fingerprint density at radius 1 is 1.09 bits per heavy atom. The van der Waals surface area contributed by atoms with Crippen LogP contribution in [0.1, 0.15) is 22.9 Å². The van der Waals surface area contributed by atoms with Crippen molar-refractivity contribution < 1.29 is 9.84 Å². The van der Waals surface area contributed by atoms with Crippen molar-refractivity contribution in [3.8, 4) is 11.8 Å². The van der Waals surface area contributed by atoms with Crippen molar-refractivity contribution in [2.75, 3.05) is 7.11 Å². The van der Waals surface area contributed by atoms with Crippen LogP contribution in [0.25, 0.3) is 10.8 Å². The van der Waals surface area contributed by atoms with Crippen LogP contribution in [-0.2, 0) is 0 Å². The average molecular weight is 290 g/mol. The van der Waals surface area contributed by atoms with E-state index in [1.54, 1.807) is 19.2 Å². The van der Waals surface area contributed by atoms with E-state index in [0.717, 1.165) is 10.8 Å². The molecule has 0 fully saturated rings. The van der Waals surface area contributed by atoms with Gasteiger partial charge >= 0.3 is 0 Å². The van der Waals surface area contributed by atoms with E-state index < -0.39 is 6.10 Å². The van der Waals surface area contributed by atoms with Gasteiger partial charge < -0.3 is 9.84 Å². The van der Waals surface area contributed by atoms with Crippen molar-refractivity contribution in [1.29, 1.82) is 5.26 Å². The smallest absolute Gasteiger partial charge is 0.125 e. The first kappa shape index (κ1) is 14.1. The number of fused-ring (bicyclic) bond motifs is 1. The fraction of sp³-hybridized carbons (Fsp3) is 0.111. The van der Waals surface area contributed by atoms with E-state index in [-0.39, 0.29) is 0 Å². The normalized spacial score (nSPS) is 11.9. The highest BCUT2D eigenvalue weighted by Gasteiger charge is 2.19. The van der Waals surface area contributed by atoms with Crippen LogP contribution in [0.3, 0.4) is 0 Å². The van der Waals surface area contributed by atoms with Crippen molar-refractivity contribution in [2.45, 2.75) is 6.10 Å². The van der Waals surface area contributed by atoms with Crippen LogP contribution in [0.2, 0.25) is 0 Å². The quantitative estimate of drug-likeness (QED) is 0.804. The number of nitriles is 1. The Morgan fingerprint density at radius 3 is 2.50 bits per heavy atom. The molecule has 3 rings (SSSR count). The molecular weight excluding hydrogens is 276 g/mol. The maximum atomic E-state index is 10.7. The van der Waals surface area contributed by atoms with Crippen LogP contribution in [0.4, 0.5) is 0 Å². The van der Waals surface area contributed by atoms with Crippen molar-refractivity contribution in [3.05, 3.63) is 71.5 Å². The van der Waals surface area contributed by atoms with Gasteiger partial charge in [0.1, 0.15) is 17.9 Å². The molecule has 2 aromatic carbocycles. The molecule has 0 spiro atoms. The lowest BCUT2D eigenvalue weighted by Gasteiger charge is -2.16. The monoisotopic (exact) mass is 290 g/mol. The number of methoxy groups -OCH3 is 1. The number of nitrogens with zero attached hydrogens (tertiary/aromatic N) is 2. The Hall–Kier alpha value is -2.90. The van der Waals surface area contributed by atoms with E-state index in [2.05, 4.69) is 11.1 Å². The van der Waals surface area contributed by atoms with E-state index >= 15 is 0 Å². The molecule has 4 heteroatoms. The predicted molar refractivity (Wildman–Crippen MR) is 83.5 cm³/mol. The Kier molecular flexibility index (Phi) is 3.73. The van der Waals surface area contributed by atoms with E-state index in [4.69, 9.17) is 4.74 Å². The molecule has 22 heavy (non-hydrogen) atoms. The van der Waals surface area contributed by atoms with Gasteiger partial charge in [0.2, 0.25) is 0 Å². The summed E-state index contributed by atoms with van der Waals surface area (Å²) in [5.41, 5.74) is 1.65. The molecule has 1 unspecified atom stereocenters. The van der Waals surface area contributed by atoms with E-state index in [0.29, 0.717) is 22.6 Å². The fourth-order valence-electron chi connectivity index (χ4n) is 2.56. The number of rotatable bonds is 3. The molecule has 0 amide bonds. The molecule has 0 radical (unpaired) electrons. The summed E-state index contributed by atoms with van der Waals surface area (Å²) in [4.78, 5) is 4.30. The van der Waals surface area contributed by atoms with Crippen molar-refractivity contribution in [2.24, 2.45) is 0 Å². The maximum absolute atomic E-state index is 10.7. The minimum absolute atomic E-state index is 0.492. The molecule has 1 aromatic heterocycles. The van der Waals surface area contributed by atoms with Gasteiger partial charge in [0, 0.05) is 22.5 Å². The highest BCUT2D eigenvalue weighted by molar-refractivity contribution is 5.89. The summed E-state index contributed by atoms with van der Waals surface area (Å²) in [5, 5.41) is 21.5. The Bertz CT molecular complexity index is 868. The van der Waals surface area contributed by atoms with E-state index in [1.807, 2.05) is 36.4 Å². The van der Waals surface area contributed by atoms with Gasteiger partial charge in [-0.05, 0) is 6.07 Å². The first-order valence-corrected chi connectivity index (χ1v) is 6.85. The Balaban J connectivity index is 2.21. The number of hydrogen-bond donors (Lipinski definition) is 1. The summed E-state index contributed by atoms with van der Waals surface area (Å²) < 4.78 is 5.30. The second kappa shape index (κ2) is 5.84. The van der Waals surface area contributed by atoms with Gasteiger partial charge in [-0.2, -0.15) is 5.26 Å². The number of aromatic nitrogens is 1. The Morgan fingerprint density at radius 2 is 1.77 bits per heavy atom. The molecule has 3 aromatic rings. The third-order valence-corrected chi connectivity index (χ3v) is 3.64. The predicted octanol–water partition coefficient (Wildman–Crippen LogP) is 3.20. The number of aliphatic hydroxyl groups excluding tert-OH is 1. The Labute approximate surface area is 128 Å². The second-order valence-electron chi connectivity index (χ2n) is 4.86. The fourth-order valence-corrected chi connectivity index (χ4v) is 2.56. The lowest BCUT2D eigenvalue weighted by molar-refractivity contribution is 0.211. The van der Waals surface area contributed by atoms with Crippen LogP contribution in [0, 0.1) is 11.3 Å². The van der Waals surface area contributed by atoms with Crippen LogP contribution in [0.15, 0.2) is 54.7 Å². The molecule has 0 aliphatic rings. The SMILES string of the molecule is COc1ccccc1C(O)c1ncc(C#N)c2ccccc12. The number of ether oxygens (including phenoxy) is 1. The van der Waals surface area contributed by atoms with E-state index in [9.17, 15) is 10.4 Å². The summed E-state index contributed by atoms with van der Waals surface area (Å²) in [7, 11) is 1.57. The third-order valence-electron chi connectivity index (χ3n) is 3.64. The molecule has 1 atom stereocenters. The van der Waals surface area contributed by atoms with Gasteiger partial charge in [-0.1, -0.05) is 42.5 Å². The lowest BCUT2D eigenvalue weighted by atomic mass is 9.98. The lowest BCUT2D eigenvalue weighted by Crippen LogP contribution is -2.06. The summed E-state index contributed by atoms with van der Waals surface area (Å²) in [6.07, 6.45) is 0.574. The van der Waals surface area contributed by atoms with Crippen LogP contribution >= 0.6 is 0 Å². The topological polar surface area (TPSA) is 66.1 Å². The zero-order chi connectivity index (χ0) is 15.5. The van der Waals surface area contributed by atoms with Crippen LogP contribution in [-0.4, -0.2) is 17.2 Å². The standard InChI is InChI=1S/C18H14N2O2/c1-22-16-9-5-4-8-15(16)18(21)17-14-7-3-2-6-13(14)12(10-19)11-20-17/h2-9,11,18,21H,1H3. The molecule has 0 aliphatic carbocycles. The summed E-state index contributed by atoms with van der Waals surface area (Å²) in [6, 6.07) is 16.9. The highest BCUT2D eigenvalue weighted by atomic mass is 16.5. The number of aliphatic hydroxyl groups is 1. The summed E-state index contributed by atoms with van der Waals surface area (Å²) >= 11 is 0. The molecule has 108 valence electrons. The van der Waals surface area contributed by atoms with Gasteiger partial charge in [-0.3, -0.25) is 4.98 Å². The van der Waals surface area contributed by atoms with Gasteiger partial charge in [-0.15, -0.1) is 0 Å². The van der Waals surface area contributed by atoms with Crippen molar-refractivity contribution >= 4 is 10.8 Å². The zero-order valence-corrected chi connectivity index (χ0v) is 12.0. The minimum Gasteiger partial charge on any atom is -0.496 e. The molecular formula is C18H14N2O2. The first-order valence-electron chi connectivity index (χ1n) is 6.85. The number of pyridine rings is 1. The minimum atomic E-state index is -0.922. The molecule has 0 saturated heterocycles. The first-order chi connectivity index (χ1) is 10.8. The molecule has 0 bridgehead atoms. The number of benzene rings is 2. The largest absolute Gasteiger partial charge is 0.496 e. The maximum Gasteiger partial charge on any atom is 0.125 e. The van der Waals surface area contributed by atoms with Crippen LogP contribution < -0.4 is 4.74 Å². The van der Waals surface area contributed by atoms with E-state index in [1.165, 1.54) is 6.20 Å². The van der Waals surface area contributed by atoms with Crippen molar-refractivity contribution in [3.63, 3.8) is 0 Å². The second-order valence-corrected chi connectivity index (χ2v) is 4.86. The van der Waals surface area contributed by atoms with Crippen LogP contribution in [0.5, 0.6) is 5.75 Å². The molecule has 1 heterocycles. The average Bonchev–Trinajstić information content (AvgIpc) is 2.60. The van der Waals surface area contributed by atoms with Gasteiger partial charge in [0.05, 0.1) is 18.4 Å². The molecule has 0 aliphatic heterocycles. The van der Waals surface area contributed by atoms with Gasteiger partial charge in [0.15, 0.2) is 0 Å². The zero-order valence-electron chi connectivity index (χ0n) is 12.0. The van der Waals surface area contributed by atoms with Gasteiger partial charge in [0.25, 0.3) is 0 Å². The van der Waals surface area contributed by atoms with Crippen molar-refractivity contribution in [1.82, 2.24) is 4.98 Å². The third kappa shape index (κ3) is 2.28. The number of para-hydroxylation sites is 1. The number of hydrogen-bond acceptors (Lipinski definition) is 4. The summed E-state index contributed by atoms with van der Waals surface area (Å²) in [5.74, 6) is 0.602.